The summed E-state index contributed by atoms with van der Waals surface area (Å²) in [6.07, 6.45) is -7.63. The molecular formula is C20H24N10O13P2. The van der Waals surface area contributed by atoms with Crippen molar-refractivity contribution in [1.82, 2.24) is 39.0 Å². The standard InChI is InChI=1S/C20H24N10O13P2/c21-19-25-14-10(16(32)27-19)23-4-29(14)9-1-6-7(40-9)2-38-45(36,37)43-13-8(3-39-44(34,35)42-6)41-18(12(13)31)30-5-24-11-15(30)26-20(22)28-17(11)33/h4-9,12-13,18,31H,1-3H2,(H,34,35)(H,36,37)(H3,21,25,27,32)(H3,22,26,28,33)/t6?,7-,8-,9-,12?,13?,18-/m1/s1. The van der Waals surface area contributed by atoms with E-state index in [-0.39, 0.29) is 40.6 Å². The first-order valence-electron chi connectivity index (χ1n) is 13.0. The van der Waals surface area contributed by atoms with Crippen LogP contribution in [0.4, 0.5) is 11.9 Å². The van der Waals surface area contributed by atoms with Gasteiger partial charge in [-0.05, 0) is 0 Å². The Morgan fingerprint density at radius 1 is 0.822 bits per heavy atom. The molecule has 3 saturated heterocycles. The summed E-state index contributed by atoms with van der Waals surface area (Å²) in [6, 6.07) is 0. The smallest absolute Gasteiger partial charge is 0.386 e. The Kier molecular flexibility index (Phi) is 7.18. The highest BCUT2D eigenvalue weighted by molar-refractivity contribution is 7.47. The van der Waals surface area contributed by atoms with Crippen LogP contribution in [-0.2, 0) is 36.7 Å². The first-order chi connectivity index (χ1) is 21.3. The predicted molar refractivity (Wildman–Crippen MR) is 145 cm³/mol. The van der Waals surface area contributed by atoms with E-state index in [1.165, 1.54) is 10.9 Å². The number of aliphatic hydroxyl groups excluding tert-OH is 1. The lowest BCUT2D eigenvalue weighted by atomic mass is 10.1. The number of imidazole rings is 2. The minimum atomic E-state index is -5.00. The van der Waals surface area contributed by atoms with Crippen LogP contribution in [0, 0.1) is 0 Å². The number of nitrogens with one attached hydrogen (secondary N) is 2. The van der Waals surface area contributed by atoms with Crippen molar-refractivity contribution in [3.63, 3.8) is 0 Å². The SMILES string of the molecule is Nc1nc2c(ncn2[C@@H]2O[C@@H]3COP(=O)(O)OC4C[C@H](n5cnc6c(=O)[nH]c(N)nc65)O[C@@H]4COP(=O)(O)OC3C2O)c(=O)[nH]1. The lowest BCUT2D eigenvalue weighted by Crippen LogP contribution is -2.37. The fraction of sp³-hybridized carbons (Fsp3) is 0.500. The maximum Gasteiger partial charge on any atom is 0.472 e. The molecule has 0 spiro atoms. The first-order valence-corrected chi connectivity index (χ1v) is 16.0. The second-order valence-electron chi connectivity index (χ2n) is 10.2. The van der Waals surface area contributed by atoms with Crippen LogP contribution in [-0.4, -0.2) is 97.7 Å². The number of nitrogen functional groups attached to an aromatic ring is 2. The molecule has 9 N–H and O–H groups in total. The number of nitrogens with zero attached hydrogens (tertiary/aromatic N) is 6. The van der Waals surface area contributed by atoms with Gasteiger partial charge in [0.25, 0.3) is 11.1 Å². The molecule has 0 saturated carbocycles. The van der Waals surface area contributed by atoms with Crippen molar-refractivity contribution in [2.45, 2.75) is 49.4 Å². The fourth-order valence-corrected chi connectivity index (χ4v) is 7.27. The number of fused-ring (bicyclic) bond motifs is 4. The molecule has 3 aliphatic rings. The Hall–Kier alpha value is -3.60. The quantitative estimate of drug-likeness (QED) is 0.113. The average molecular weight is 674 g/mol. The Labute approximate surface area is 248 Å². The summed E-state index contributed by atoms with van der Waals surface area (Å²) in [6.45, 7) is -1.48. The molecule has 25 heteroatoms. The molecule has 7 heterocycles. The molecule has 9 atom stereocenters. The van der Waals surface area contributed by atoms with Crippen LogP contribution in [0.25, 0.3) is 22.3 Å². The van der Waals surface area contributed by atoms with Gasteiger partial charge in [-0.3, -0.25) is 46.8 Å². The average Bonchev–Trinajstić information content (AvgIpc) is 3.71. The zero-order chi connectivity index (χ0) is 31.8. The minimum absolute atomic E-state index is 0.0424. The van der Waals surface area contributed by atoms with Crippen LogP contribution >= 0.6 is 15.6 Å². The number of aromatic nitrogens is 8. The second-order valence-corrected chi connectivity index (χ2v) is 13.0. The monoisotopic (exact) mass is 674 g/mol. The molecule has 0 aromatic carbocycles. The number of anilines is 2. The van der Waals surface area contributed by atoms with E-state index in [0.717, 1.165) is 10.9 Å². The van der Waals surface area contributed by atoms with E-state index in [1.807, 2.05) is 0 Å². The molecule has 0 bridgehead atoms. The Morgan fingerprint density at radius 3 is 2.02 bits per heavy atom. The third kappa shape index (κ3) is 5.47. The van der Waals surface area contributed by atoms with E-state index in [1.54, 1.807) is 0 Å². The van der Waals surface area contributed by atoms with E-state index >= 15 is 0 Å². The van der Waals surface area contributed by atoms with Crippen LogP contribution in [0.2, 0.25) is 0 Å². The summed E-state index contributed by atoms with van der Waals surface area (Å²) >= 11 is 0. The van der Waals surface area contributed by atoms with Gasteiger partial charge < -0.3 is 35.8 Å². The van der Waals surface area contributed by atoms with Gasteiger partial charge in [-0.25, -0.2) is 19.1 Å². The summed E-state index contributed by atoms with van der Waals surface area (Å²) < 4.78 is 61.2. The second kappa shape index (κ2) is 10.7. The van der Waals surface area contributed by atoms with Crippen LogP contribution in [0.3, 0.4) is 0 Å². The Bertz CT molecular complexity index is 2010. The van der Waals surface area contributed by atoms with Gasteiger partial charge in [0, 0.05) is 6.42 Å². The van der Waals surface area contributed by atoms with Gasteiger partial charge in [0.15, 0.2) is 28.6 Å². The predicted octanol–water partition coefficient (Wildman–Crippen LogP) is -2.02. The number of aromatic amines is 2. The molecule has 45 heavy (non-hydrogen) atoms. The topological polar surface area (TPSA) is 329 Å². The first kappa shape index (κ1) is 30.1. The lowest BCUT2D eigenvalue weighted by molar-refractivity contribution is -0.0662. The van der Waals surface area contributed by atoms with Crippen LogP contribution < -0.4 is 22.6 Å². The van der Waals surface area contributed by atoms with Crippen LogP contribution in [0.15, 0.2) is 22.2 Å². The van der Waals surface area contributed by atoms with Crippen molar-refractivity contribution in [3.05, 3.63) is 33.4 Å². The molecule has 4 aromatic rings. The maximum absolute atomic E-state index is 13.1. The summed E-state index contributed by atoms with van der Waals surface area (Å²) in [7, 11) is -9.90. The molecule has 242 valence electrons. The number of hydrogen-bond acceptors (Lipinski definition) is 17. The lowest BCUT2D eigenvalue weighted by Gasteiger charge is -2.27. The number of rotatable bonds is 2. The number of H-pyrrole nitrogens is 2. The molecule has 3 aliphatic heterocycles. The molecule has 0 radical (unpaired) electrons. The van der Waals surface area contributed by atoms with Crippen molar-refractivity contribution in [2.24, 2.45) is 0 Å². The number of nitrogens with two attached hydrogens (primary N) is 2. The van der Waals surface area contributed by atoms with Gasteiger partial charge >= 0.3 is 15.6 Å². The van der Waals surface area contributed by atoms with Crippen molar-refractivity contribution in [2.75, 3.05) is 24.7 Å². The highest BCUT2D eigenvalue weighted by atomic mass is 31.2. The maximum atomic E-state index is 13.1. The molecule has 4 aromatic heterocycles. The zero-order valence-electron chi connectivity index (χ0n) is 22.5. The van der Waals surface area contributed by atoms with Gasteiger partial charge in [-0.1, -0.05) is 0 Å². The fourth-order valence-electron chi connectivity index (χ4n) is 5.35. The van der Waals surface area contributed by atoms with Crippen molar-refractivity contribution >= 4 is 49.9 Å². The van der Waals surface area contributed by atoms with Crippen molar-refractivity contribution < 1.29 is 51.6 Å². The van der Waals surface area contributed by atoms with Gasteiger partial charge in [-0.2, -0.15) is 9.97 Å². The number of ether oxygens (including phenoxy) is 2. The number of phosphoric ester groups is 2. The molecule has 3 fully saturated rings. The normalized spacial score (nSPS) is 36.0. The highest BCUT2D eigenvalue weighted by Crippen LogP contribution is 2.53. The number of hydrogen-bond donors (Lipinski definition) is 7. The summed E-state index contributed by atoms with van der Waals surface area (Å²) in [4.78, 5) is 66.2. The third-order valence-corrected chi connectivity index (χ3v) is 9.30. The van der Waals surface area contributed by atoms with E-state index in [4.69, 9.17) is 39.0 Å². The largest absolute Gasteiger partial charge is 0.472 e. The summed E-state index contributed by atoms with van der Waals surface area (Å²) in [5.41, 5.74) is 9.75. The molecule has 5 unspecified atom stereocenters. The summed E-state index contributed by atoms with van der Waals surface area (Å²) in [5.74, 6) is -0.456. The van der Waals surface area contributed by atoms with Gasteiger partial charge in [0.05, 0.1) is 25.9 Å². The molecule has 0 amide bonds. The zero-order valence-corrected chi connectivity index (χ0v) is 24.3. The van der Waals surface area contributed by atoms with Gasteiger partial charge in [0.2, 0.25) is 11.9 Å². The van der Waals surface area contributed by atoms with Gasteiger partial charge in [0.1, 0.15) is 36.7 Å². The number of aliphatic hydroxyl groups is 1. The molecule has 7 rings (SSSR count). The Balaban J connectivity index is 1.16. The van der Waals surface area contributed by atoms with Crippen LogP contribution in [0.5, 0.6) is 0 Å². The number of phosphoric acid groups is 2. The highest BCUT2D eigenvalue weighted by Gasteiger charge is 2.52. The van der Waals surface area contributed by atoms with E-state index in [2.05, 4.69) is 29.9 Å². The van der Waals surface area contributed by atoms with Crippen molar-refractivity contribution in [1.29, 1.82) is 0 Å². The molecule has 23 nitrogen and oxygen atoms in total. The van der Waals surface area contributed by atoms with E-state index in [9.17, 15) is 33.6 Å². The minimum Gasteiger partial charge on any atom is -0.386 e. The summed E-state index contributed by atoms with van der Waals surface area (Å²) in [5, 5.41) is 11.1. The third-order valence-electron chi connectivity index (χ3n) is 7.30. The van der Waals surface area contributed by atoms with Crippen molar-refractivity contribution in [3.8, 4) is 0 Å². The molecular weight excluding hydrogens is 650 g/mol. The van der Waals surface area contributed by atoms with Gasteiger partial charge in [-0.15, -0.1) is 0 Å². The molecule has 0 aliphatic carbocycles. The van der Waals surface area contributed by atoms with E-state index < -0.39 is 83.0 Å². The Morgan fingerprint density at radius 2 is 1.38 bits per heavy atom. The van der Waals surface area contributed by atoms with Crippen LogP contribution in [0.1, 0.15) is 18.9 Å². The van der Waals surface area contributed by atoms with E-state index in [0.29, 0.717) is 0 Å².